The van der Waals surface area contributed by atoms with Gasteiger partial charge in [-0.3, -0.25) is 4.90 Å². The van der Waals surface area contributed by atoms with Gasteiger partial charge >= 0.3 is 0 Å². The second-order valence-electron chi connectivity index (χ2n) is 7.35. The summed E-state index contributed by atoms with van der Waals surface area (Å²) in [5.41, 5.74) is 5.67. The predicted molar refractivity (Wildman–Crippen MR) is 104 cm³/mol. The van der Waals surface area contributed by atoms with Crippen molar-refractivity contribution in [2.45, 2.75) is 53.0 Å². The molecule has 0 saturated carbocycles. The molecule has 0 radical (unpaired) electrons. The van der Waals surface area contributed by atoms with Crippen LogP contribution in [0.4, 0.5) is 0 Å². The van der Waals surface area contributed by atoms with Crippen molar-refractivity contribution in [2.24, 2.45) is 0 Å². The van der Waals surface area contributed by atoms with E-state index in [-0.39, 0.29) is 0 Å². The summed E-state index contributed by atoms with van der Waals surface area (Å²) in [5.74, 6) is 0. The number of benzene rings is 1. The van der Waals surface area contributed by atoms with E-state index in [0.29, 0.717) is 0 Å². The fourth-order valence-electron chi connectivity index (χ4n) is 4.06. The average Bonchev–Trinajstić information content (AvgIpc) is 2.93. The first-order valence-electron chi connectivity index (χ1n) is 9.76. The monoisotopic (exact) mass is 327 g/mol. The Labute approximate surface area is 147 Å². The van der Waals surface area contributed by atoms with Crippen molar-refractivity contribution in [3.8, 4) is 0 Å². The Morgan fingerprint density at radius 2 is 1.92 bits per heavy atom. The summed E-state index contributed by atoms with van der Waals surface area (Å²) in [5, 5.41) is 1.44. The topological polar surface area (TPSA) is 22.3 Å². The van der Waals surface area contributed by atoms with Gasteiger partial charge in [-0.15, -0.1) is 0 Å². The van der Waals surface area contributed by atoms with Gasteiger partial charge in [0.1, 0.15) is 0 Å². The Hall–Kier alpha value is -1.32. The molecule has 1 aliphatic heterocycles. The number of fused-ring (bicyclic) bond motifs is 3. The van der Waals surface area contributed by atoms with Crippen molar-refractivity contribution in [1.82, 2.24) is 14.8 Å². The molecular weight excluding hydrogens is 294 g/mol. The molecule has 0 amide bonds. The lowest BCUT2D eigenvalue weighted by molar-refractivity contribution is 0.216. The van der Waals surface area contributed by atoms with Crippen molar-refractivity contribution in [2.75, 3.05) is 32.7 Å². The Kier molecular flexibility index (Phi) is 5.96. The smallest absolute Gasteiger partial charge is 0.0459 e. The van der Waals surface area contributed by atoms with E-state index in [1.54, 1.807) is 5.56 Å². The highest BCUT2D eigenvalue weighted by molar-refractivity contribution is 5.85. The molecule has 132 valence electrons. The maximum absolute atomic E-state index is 3.64. The highest BCUT2D eigenvalue weighted by Gasteiger charge is 2.20. The number of hydrogen-bond donors (Lipinski definition) is 1. The molecule has 2 heterocycles. The van der Waals surface area contributed by atoms with Gasteiger partial charge in [0.25, 0.3) is 0 Å². The molecule has 3 heteroatoms. The summed E-state index contributed by atoms with van der Waals surface area (Å²) >= 11 is 0. The maximum Gasteiger partial charge on any atom is 0.0459 e. The highest BCUT2D eigenvalue weighted by atomic mass is 15.1. The van der Waals surface area contributed by atoms with Gasteiger partial charge in [0.15, 0.2) is 0 Å². The number of aromatic amines is 1. The second kappa shape index (κ2) is 8.17. The summed E-state index contributed by atoms with van der Waals surface area (Å²) in [7, 11) is 0. The SMILES string of the molecule is CCCN(CCC)CCCN1CCc2[nH]c3ccc(C)cc3c2C1. The zero-order valence-electron chi connectivity index (χ0n) is 15.7. The molecule has 24 heavy (non-hydrogen) atoms. The van der Waals surface area contributed by atoms with E-state index in [2.05, 4.69) is 53.8 Å². The molecule has 0 fully saturated rings. The van der Waals surface area contributed by atoms with Crippen LogP contribution in [0.2, 0.25) is 0 Å². The van der Waals surface area contributed by atoms with Crippen LogP contribution in [-0.4, -0.2) is 47.5 Å². The highest BCUT2D eigenvalue weighted by Crippen LogP contribution is 2.28. The van der Waals surface area contributed by atoms with Gasteiger partial charge in [0, 0.05) is 36.1 Å². The Morgan fingerprint density at radius 3 is 2.67 bits per heavy atom. The van der Waals surface area contributed by atoms with Crippen molar-refractivity contribution < 1.29 is 0 Å². The average molecular weight is 328 g/mol. The Bertz CT molecular complexity index is 652. The third kappa shape index (κ3) is 4.01. The zero-order chi connectivity index (χ0) is 16.9. The van der Waals surface area contributed by atoms with E-state index in [1.807, 2.05) is 0 Å². The molecule has 0 bridgehead atoms. The van der Waals surface area contributed by atoms with Gasteiger partial charge in [0.05, 0.1) is 0 Å². The number of aromatic nitrogens is 1. The van der Waals surface area contributed by atoms with Crippen LogP contribution in [0.15, 0.2) is 18.2 Å². The summed E-state index contributed by atoms with van der Waals surface area (Å²) in [6.45, 7) is 14.0. The Morgan fingerprint density at radius 1 is 1.12 bits per heavy atom. The largest absolute Gasteiger partial charge is 0.358 e. The van der Waals surface area contributed by atoms with E-state index in [1.165, 1.54) is 74.1 Å². The Balaban J connectivity index is 1.58. The minimum atomic E-state index is 1.11. The van der Waals surface area contributed by atoms with Crippen LogP contribution in [0.25, 0.3) is 10.9 Å². The molecule has 0 aliphatic carbocycles. The van der Waals surface area contributed by atoms with E-state index < -0.39 is 0 Å². The number of rotatable bonds is 8. The van der Waals surface area contributed by atoms with Gasteiger partial charge in [-0.25, -0.2) is 0 Å². The van der Waals surface area contributed by atoms with Gasteiger partial charge in [0.2, 0.25) is 0 Å². The minimum Gasteiger partial charge on any atom is -0.358 e. The molecule has 0 spiro atoms. The fraction of sp³-hybridized carbons (Fsp3) is 0.619. The van der Waals surface area contributed by atoms with Crippen LogP contribution >= 0.6 is 0 Å². The molecule has 3 rings (SSSR count). The number of nitrogens with one attached hydrogen (secondary N) is 1. The van der Waals surface area contributed by atoms with Gasteiger partial charge in [-0.2, -0.15) is 0 Å². The van der Waals surface area contributed by atoms with Crippen molar-refractivity contribution in [3.63, 3.8) is 0 Å². The molecular formula is C21H33N3. The molecule has 0 unspecified atom stereocenters. The molecule has 1 aromatic carbocycles. The van der Waals surface area contributed by atoms with Crippen LogP contribution in [-0.2, 0) is 13.0 Å². The van der Waals surface area contributed by atoms with Crippen molar-refractivity contribution in [3.05, 3.63) is 35.0 Å². The molecule has 0 atom stereocenters. The van der Waals surface area contributed by atoms with E-state index in [4.69, 9.17) is 0 Å². The van der Waals surface area contributed by atoms with Gasteiger partial charge in [-0.1, -0.05) is 25.5 Å². The quantitative estimate of drug-likeness (QED) is 0.779. The molecule has 1 aromatic heterocycles. The number of aryl methyl sites for hydroxylation is 1. The minimum absolute atomic E-state index is 1.11. The number of H-pyrrole nitrogens is 1. The third-order valence-electron chi connectivity index (χ3n) is 5.24. The molecule has 0 saturated heterocycles. The van der Waals surface area contributed by atoms with Crippen LogP contribution in [0.1, 0.15) is 49.9 Å². The van der Waals surface area contributed by atoms with Crippen LogP contribution in [0, 0.1) is 6.92 Å². The summed E-state index contributed by atoms with van der Waals surface area (Å²) in [6.07, 6.45) is 4.98. The summed E-state index contributed by atoms with van der Waals surface area (Å²) in [6, 6.07) is 6.79. The van der Waals surface area contributed by atoms with Gasteiger partial charge in [-0.05, 0) is 70.1 Å². The molecule has 1 aliphatic rings. The normalized spacial score (nSPS) is 15.3. The zero-order valence-corrected chi connectivity index (χ0v) is 15.7. The molecule has 2 aromatic rings. The first kappa shape index (κ1) is 17.5. The lowest BCUT2D eigenvalue weighted by Crippen LogP contribution is -2.34. The lowest BCUT2D eigenvalue weighted by atomic mass is 10.0. The fourth-order valence-corrected chi connectivity index (χ4v) is 4.06. The lowest BCUT2D eigenvalue weighted by Gasteiger charge is -2.28. The molecule has 3 nitrogen and oxygen atoms in total. The van der Waals surface area contributed by atoms with Crippen LogP contribution in [0.5, 0.6) is 0 Å². The number of hydrogen-bond acceptors (Lipinski definition) is 2. The first-order valence-corrected chi connectivity index (χ1v) is 9.76. The predicted octanol–water partition coefficient (Wildman–Crippen LogP) is 4.35. The van der Waals surface area contributed by atoms with E-state index in [9.17, 15) is 0 Å². The maximum atomic E-state index is 3.64. The van der Waals surface area contributed by atoms with Crippen molar-refractivity contribution in [1.29, 1.82) is 0 Å². The molecule has 1 N–H and O–H groups in total. The van der Waals surface area contributed by atoms with Crippen molar-refractivity contribution >= 4 is 10.9 Å². The first-order chi connectivity index (χ1) is 11.7. The summed E-state index contributed by atoms with van der Waals surface area (Å²) < 4.78 is 0. The van der Waals surface area contributed by atoms with E-state index >= 15 is 0 Å². The summed E-state index contributed by atoms with van der Waals surface area (Å²) in [4.78, 5) is 8.91. The number of nitrogens with zero attached hydrogens (tertiary/aromatic N) is 2. The van der Waals surface area contributed by atoms with E-state index in [0.717, 1.165) is 13.0 Å². The standard InChI is InChI=1S/C21H33N3/c1-4-10-23(11-5-2)12-6-13-24-14-9-21-19(16-24)18-15-17(3)7-8-20(18)22-21/h7-8,15,22H,4-6,9-14,16H2,1-3H3. The third-order valence-corrected chi connectivity index (χ3v) is 5.24. The van der Waals surface area contributed by atoms with Crippen LogP contribution in [0.3, 0.4) is 0 Å². The second-order valence-corrected chi connectivity index (χ2v) is 7.35. The van der Waals surface area contributed by atoms with Crippen LogP contribution < -0.4 is 0 Å². The van der Waals surface area contributed by atoms with Gasteiger partial charge < -0.3 is 9.88 Å².